The van der Waals surface area contributed by atoms with E-state index in [1.807, 2.05) is 53.6 Å². The number of hydrogen-bond acceptors (Lipinski definition) is 6. The molecule has 0 saturated carbocycles. The number of aromatic amines is 1. The largest absolute Gasteiger partial charge is 0.489 e. The molecule has 2 aromatic carbocycles. The van der Waals surface area contributed by atoms with E-state index in [0.717, 1.165) is 40.6 Å². The summed E-state index contributed by atoms with van der Waals surface area (Å²) in [6.07, 6.45) is 8.13. The van der Waals surface area contributed by atoms with Crippen LogP contribution in [0.5, 0.6) is 5.75 Å². The fourth-order valence-corrected chi connectivity index (χ4v) is 5.21. The van der Waals surface area contributed by atoms with Gasteiger partial charge in [0.05, 0.1) is 16.8 Å². The van der Waals surface area contributed by atoms with Crippen molar-refractivity contribution in [2.24, 2.45) is 0 Å². The number of likely N-dealkylation sites (tertiary alicyclic amines) is 1. The molecule has 0 aliphatic carbocycles. The summed E-state index contributed by atoms with van der Waals surface area (Å²) >= 11 is 0. The van der Waals surface area contributed by atoms with E-state index in [0.29, 0.717) is 30.3 Å². The van der Waals surface area contributed by atoms with Gasteiger partial charge in [-0.1, -0.05) is 43.0 Å². The number of hydrogen-bond donors (Lipinski definition) is 2. The molecule has 4 heterocycles. The Bertz CT molecular complexity index is 1680. The second-order valence-electron chi connectivity index (χ2n) is 9.97. The van der Waals surface area contributed by atoms with Gasteiger partial charge < -0.3 is 19.9 Å². The van der Waals surface area contributed by atoms with Crippen molar-refractivity contribution in [1.82, 2.24) is 24.8 Å². The van der Waals surface area contributed by atoms with Crippen molar-refractivity contribution >= 4 is 28.4 Å². The molecule has 1 aliphatic heterocycles. The fraction of sp³-hybridized carbons (Fsp3) is 0.188. The maximum absolute atomic E-state index is 15.2. The second kappa shape index (κ2) is 11.6. The zero-order valence-electron chi connectivity index (χ0n) is 22.4. The molecule has 1 amide bonds. The Balaban J connectivity index is 1.14. The second-order valence-corrected chi connectivity index (χ2v) is 9.97. The number of rotatable bonds is 8. The molecule has 3 aromatic heterocycles. The van der Waals surface area contributed by atoms with Crippen LogP contribution in [0, 0.1) is 5.82 Å². The molecule has 0 spiro atoms. The number of fused-ring (bicyclic) bond motifs is 1. The van der Waals surface area contributed by atoms with Crippen LogP contribution in [-0.2, 0) is 11.4 Å². The summed E-state index contributed by atoms with van der Waals surface area (Å²) in [5.41, 5.74) is 4.83. The Morgan fingerprint density at radius 2 is 1.93 bits per heavy atom. The van der Waals surface area contributed by atoms with E-state index in [9.17, 15) is 4.79 Å². The van der Waals surface area contributed by atoms with Gasteiger partial charge in [0.2, 0.25) is 5.91 Å². The first-order valence-corrected chi connectivity index (χ1v) is 13.5. The summed E-state index contributed by atoms with van der Waals surface area (Å²) in [5, 5.41) is 3.98. The van der Waals surface area contributed by atoms with Crippen molar-refractivity contribution < 1.29 is 13.9 Å². The highest BCUT2D eigenvalue weighted by molar-refractivity contribution is 5.92. The van der Waals surface area contributed by atoms with Crippen molar-refractivity contribution in [3.8, 4) is 17.0 Å². The molecule has 2 N–H and O–H groups in total. The summed E-state index contributed by atoms with van der Waals surface area (Å²) in [7, 11) is 0. The number of pyridine rings is 1. The lowest BCUT2D eigenvalue weighted by atomic mass is 9.89. The van der Waals surface area contributed by atoms with Crippen LogP contribution in [0.2, 0.25) is 0 Å². The van der Waals surface area contributed by atoms with Crippen LogP contribution < -0.4 is 10.1 Å². The summed E-state index contributed by atoms with van der Waals surface area (Å²) in [6, 6.07) is 18.6. The zero-order valence-corrected chi connectivity index (χ0v) is 22.4. The average molecular weight is 549 g/mol. The van der Waals surface area contributed by atoms with Gasteiger partial charge in [0.15, 0.2) is 0 Å². The standard InChI is InChI=1S/C32H29FN6O2/c1-2-29(40)39-14-12-22(13-15-39)25-18-35-31-30(25)32(37-20-36-31)38-28-11-9-24(16-26(28)33)41-19-21-8-10-27(34-17-21)23-6-4-3-5-7-23/h2-11,16-18,20,22H,1,12-15,19H2,(H2,35,36,37,38). The number of ether oxygens (including phenoxy) is 1. The molecule has 1 aliphatic rings. The Hall–Kier alpha value is -5.05. The van der Waals surface area contributed by atoms with Gasteiger partial charge in [0.25, 0.3) is 0 Å². The third kappa shape index (κ3) is 5.65. The van der Waals surface area contributed by atoms with E-state index in [1.165, 1.54) is 18.5 Å². The number of carbonyl (C=O) groups excluding carboxylic acids is 1. The van der Waals surface area contributed by atoms with Crippen LogP contribution in [0.1, 0.15) is 29.9 Å². The predicted molar refractivity (Wildman–Crippen MR) is 156 cm³/mol. The molecule has 9 heteroatoms. The van der Waals surface area contributed by atoms with Gasteiger partial charge in [0.1, 0.15) is 36.0 Å². The van der Waals surface area contributed by atoms with E-state index in [-0.39, 0.29) is 24.1 Å². The number of aromatic nitrogens is 4. The minimum Gasteiger partial charge on any atom is -0.489 e. The Morgan fingerprint density at radius 1 is 1.10 bits per heavy atom. The molecule has 1 saturated heterocycles. The van der Waals surface area contributed by atoms with Crippen molar-refractivity contribution in [1.29, 1.82) is 0 Å². The Morgan fingerprint density at radius 3 is 2.66 bits per heavy atom. The highest BCUT2D eigenvalue weighted by Gasteiger charge is 2.26. The van der Waals surface area contributed by atoms with Crippen molar-refractivity contribution in [3.05, 3.63) is 109 Å². The van der Waals surface area contributed by atoms with Gasteiger partial charge in [0, 0.05) is 42.7 Å². The number of carbonyl (C=O) groups is 1. The Kier molecular flexibility index (Phi) is 7.40. The minimum atomic E-state index is -0.458. The molecule has 6 rings (SSSR count). The van der Waals surface area contributed by atoms with Crippen LogP contribution in [-0.4, -0.2) is 43.8 Å². The highest BCUT2D eigenvalue weighted by atomic mass is 19.1. The van der Waals surface area contributed by atoms with E-state index >= 15 is 4.39 Å². The monoisotopic (exact) mass is 548 g/mol. The van der Waals surface area contributed by atoms with Crippen LogP contribution in [0.3, 0.4) is 0 Å². The van der Waals surface area contributed by atoms with E-state index < -0.39 is 5.82 Å². The summed E-state index contributed by atoms with van der Waals surface area (Å²) < 4.78 is 21.0. The predicted octanol–water partition coefficient (Wildman–Crippen LogP) is 6.37. The molecule has 8 nitrogen and oxygen atoms in total. The maximum Gasteiger partial charge on any atom is 0.245 e. The maximum atomic E-state index is 15.2. The molecule has 0 radical (unpaired) electrons. The molecule has 0 bridgehead atoms. The van der Waals surface area contributed by atoms with Crippen molar-refractivity contribution in [2.75, 3.05) is 18.4 Å². The van der Waals surface area contributed by atoms with E-state index in [4.69, 9.17) is 4.74 Å². The number of nitrogens with one attached hydrogen (secondary N) is 2. The normalized spacial score (nSPS) is 13.7. The molecule has 1 fully saturated rings. The lowest BCUT2D eigenvalue weighted by Gasteiger charge is -2.31. The first-order valence-electron chi connectivity index (χ1n) is 13.5. The number of H-pyrrole nitrogens is 1. The van der Waals surface area contributed by atoms with Gasteiger partial charge in [-0.3, -0.25) is 9.78 Å². The van der Waals surface area contributed by atoms with Gasteiger partial charge in [-0.15, -0.1) is 0 Å². The van der Waals surface area contributed by atoms with Crippen LogP contribution in [0.4, 0.5) is 15.9 Å². The lowest BCUT2D eigenvalue weighted by molar-refractivity contribution is -0.127. The van der Waals surface area contributed by atoms with Crippen LogP contribution in [0.15, 0.2) is 92.0 Å². The van der Waals surface area contributed by atoms with E-state index in [1.54, 1.807) is 18.3 Å². The quantitative estimate of drug-likeness (QED) is 0.219. The fourth-order valence-electron chi connectivity index (χ4n) is 5.21. The number of nitrogens with zero attached hydrogens (tertiary/aromatic N) is 4. The van der Waals surface area contributed by atoms with Gasteiger partial charge >= 0.3 is 0 Å². The smallest absolute Gasteiger partial charge is 0.245 e. The van der Waals surface area contributed by atoms with Crippen molar-refractivity contribution in [3.63, 3.8) is 0 Å². The number of amides is 1. The molecule has 206 valence electrons. The lowest BCUT2D eigenvalue weighted by Crippen LogP contribution is -2.36. The highest BCUT2D eigenvalue weighted by Crippen LogP contribution is 2.36. The van der Waals surface area contributed by atoms with Crippen LogP contribution in [0.25, 0.3) is 22.3 Å². The molecule has 0 atom stereocenters. The summed E-state index contributed by atoms with van der Waals surface area (Å²) in [6.45, 7) is 5.16. The minimum absolute atomic E-state index is 0.0476. The third-order valence-electron chi connectivity index (χ3n) is 7.41. The average Bonchev–Trinajstić information content (AvgIpc) is 3.47. The van der Waals surface area contributed by atoms with Gasteiger partial charge in [-0.05, 0) is 48.6 Å². The number of anilines is 2. The number of piperidine rings is 1. The zero-order chi connectivity index (χ0) is 28.2. The molecular formula is C32H29FN6O2. The summed E-state index contributed by atoms with van der Waals surface area (Å²) in [4.78, 5) is 30.3. The van der Waals surface area contributed by atoms with Gasteiger partial charge in [-0.25, -0.2) is 14.4 Å². The van der Waals surface area contributed by atoms with E-state index in [2.05, 4.69) is 31.8 Å². The van der Waals surface area contributed by atoms with Gasteiger partial charge in [-0.2, -0.15) is 0 Å². The Labute approximate surface area is 236 Å². The topological polar surface area (TPSA) is 96.0 Å². The van der Waals surface area contributed by atoms with Crippen molar-refractivity contribution in [2.45, 2.75) is 25.4 Å². The number of halogens is 1. The first-order chi connectivity index (χ1) is 20.1. The molecule has 0 unspecified atom stereocenters. The third-order valence-corrected chi connectivity index (χ3v) is 7.41. The van der Waals surface area contributed by atoms with Crippen LogP contribution >= 0.6 is 0 Å². The first kappa shape index (κ1) is 26.2. The summed E-state index contributed by atoms with van der Waals surface area (Å²) in [5.74, 6) is 0.652. The molecular weight excluding hydrogens is 519 g/mol. The SMILES string of the molecule is C=CC(=O)N1CCC(c2c[nH]c3ncnc(Nc4ccc(OCc5ccc(-c6ccccc6)nc5)cc4F)c23)CC1. The molecule has 41 heavy (non-hydrogen) atoms. The molecule has 5 aromatic rings. The number of benzene rings is 2.